The Kier molecular flexibility index (Phi) is 5.56. The second-order valence-electron chi connectivity index (χ2n) is 6.76. The number of nitrogens with zero attached hydrogens (tertiary/aromatic N) is 4. The summed E-state index contributed by atoms with van der Waals surface area (Å²) in [6, 6.07) is 2.00. The van der Waals surface area contributed by atoms with Gasteiger partial charge in [-0.3, -0.25) is 14.2 Å². The summed E-state index contributed by atoms with van der Waals surface area (Å²) in [7, 11) is 0. The molecular formula is C17H22N6O3S2. The van der Waals surface area contributed by atoms with Crippen molar-refractivity contribution in [1.29, 1.82) is 0 Å². The number of nitrogens with two attached hydrogens (primary N) is 1. The van der Waals surface area contributed by atoms with Gasteiger partial charge in [-0.25, -0.2) is 0 Å². The molecule has 1 aliphatic heterocycles. The second-order valence-corrected chi connectivity index (χ2v) is 8.98. The minimum absolute atomic E-state index is 0.201. The van der Waals surface area contributed by atoms with Crippen LogP contribution < -0.4 is 16.0 Å². The van der Waals surface area contributed by atoms with Crippen LogP contribution in [0.15, 0.2) is 16.6 Å². The van der Waals surface area contributed by atoms with Crippen molar-refractivity contribution >= 4 is 45.9 Å². The van der Waals surface area contributed by atoms with Crippen molar-refractivity contribution in [2.75, 3.05) is 36.5 Å². The summed E-state index contributed by atoms with van der Waals surface area (Å²) in [4.78, 5) is 26.3. The van der Waals surface area contributed by atoms with Crippen molar-refractivity contribution in [3.8, 4) is 0 Å². The normalized spacial score (nSPS) is 18.1. The molecule has 1 saturated heterocycles. The molecule has 3 heterocycles. The molecule has 1 aliphatic carbocycles. The number of rotatable bonds is 7. The van der Waals surface area contributed by atoms with Crippen LogP contribution in [0.1, 0.15) is 36.2 Å². The van der Waals surface area contributed by atoms with Crippen molar-refractivity contribution in [1.82, 2.24) is 14.8 Å². The van der Waals surface area contributed by atoms with E-state index in [-0.39, 0.29) is 5.91 Å². The van der Waals surface area contributed by atoms with E-state index in [4.69, 9.17) is 10.5 Å². The molecule has 0 bridgehead atoms. The minimum atomic E-state index is -0.555. The van der Waals surface area contributed by atoms with Crippen molar-refractivity contribution in [2.45, 2.75) is 36.2 Å². The zero-order valence-corrected chi connectivity index (χ0v) is 17.1. The van der Waals surface area contributed by atoms with E-state index < -0.39 is 11.2 Å². The highest BCUT2D eigenvalue weighted by molar-refractivity contribution is 8.00. The third-order valence-corrected chi connectivity index (χ3v) is 6.56. The van der Waals surface area contributed by atoms with Gasteiger partial charge in [0.2, 0.25) is 11.9 Å². The lowest BCUT2D eigenvalue weighted by Gasteiger charge is -2.28. The molecule has 1 unspecified atom stereocenters. The number of ether oxygens (including phenoxy) is 1. The van der Waals surface area contributed by atoms with Gasteiger partial charge in [-0.15, -0.1) is 21.5 Å². The van der Waals surface area contributed by atoms with E-state index in [9.17, 15) is 9.59 Å². The lowest BCUT2D eigenvalue weighted by molar-refractivity contribution is -0.115. The molecule has 0 aromatic carbocycles. The average molecular weight is 423 g/mol. The van der Waals surface area contributed by atoms with Crippen LogP contribution >= 0.6 is 23.1 Å². The summed E-state index contributed by atoms with van der Waals surface area (Å²) < 4.78 is 7.58. The van der Waals surface area contributed by atoms with Crippen molar-refractivity contribution < 1.29 is 14.3 Å². The molecule has 11 heteroatoms. The molecule has 2 fully saturated rings. The van der Waals surface area contributed by atoms with E-state index in [0.29, 0.717) is 29.8 Å². The number of hydrogen-bond acceptors (Lipinski definition) is 8. The molecule has 1 saturated carbocycles. The van der Waals surface area contributed by atoms with Crippen LogP contribution in [0.3, 0.4) is 0 Å². The zero-order valence-electron chi connectivity index (χ0n) is 15.5. The Morgan fingerprint density at radius 3 is 2.79 bits per heavy atom. The summed E-state index contributed by atoms with van der Waals surface area (Å²) in [5, 5.41) is 14.1. The van der Waals surface area contributed by atoms with E-state index in [1.807, 2.05) is 6.92 Å². The Labute approximate surface area is 170 Å². The fraction of sp³-hybridized carbons (Fsp3) is 0.529. The fourth-order valence-electron chi connectivity index (χ4n) is 3.01. The van der Waals surface area contributed by atoms with E-state index in [2.05, 4.69) is 25.0 Å². The van der Waals surface area contributed by atoms with Crippen LogP contribution in [0.25, 0.3) is 0 Å². The number of thioether (sulfide) groups is 1. The average Bonchev–Trinajstić information content (AvgIpc) is 3.27. The van der Waals surface area contributed by atoms with Crippen LogP contribution in [0.2, 0.25) is 0 Å². The maximum Gasteiger partial charge on any atom is 0.251 e. The molecule has 0 spiro atoms. The lowest BCUT2D eigenvalue weighted by Crippen LogP contribution is -2.38. The van der Waals surface area contributed by atoms with Crippen molar-refractivity contribution in [3.63, 3.8) is 0 Å². The van der Waals surface area contributed by atoms with Gasteiger partial charge in [-0.2, -0.15) is 0 Å². The second kappa shape index (κ2) is 8.10. The van der Waals surface area contributed by atoms with E-state index in [1.165, 1.54) is 23.1 Å². The lowest BCUT2D eigenvalue weighted by atomic mass is 10.3. The predicted octanol–water partition coefficient (Wildman–Crippen LogP) is 1.73. The summed E-state index contributed by atoms with van der Waals surface area (Å²) in [5.41, 5.74) is 5.67. The van der Waals surface area contributed by atoms with Gasteiger partial charge in [-0.1, -0.05) is 11.8 Å². The van der Waals surface area contributed by atoms with Gasteiger partial charge in [0.05, 0.1) is 24.0 Å². The van der Waals surface area contributed by atoms with Gasteiger partial charge >= 0.3 is 0 Å². The van der Waals surface area contributed by atoms with Gasteiger partial charge in [0, 0.05) is 19.1 Å². The van der Waals surface area contributed by atoms with Crippen LogP contribution in [0, 0.1) is 0 Å². The third-order valence-electron chi connectivity index (χ3n) is 4.67. The molecule has 9 nitrogen and oxygen atoms in total. The SMILES string of the molecule is CC(Sc1nnc(N2CCOCC2)n1C1CC1)C(=O)Nc1sccc1C(N)=O. The number of carbonyl (C=O) groups excluding carboxylic acids is 2. The predicted molar refractivity (Wildman–Crippen MR) is 108 cm³/mol. The molecule has 2 aliphatic rings. The third kappa shape index (κ3) is 4.01. The van der Waals surface area contributed by atoms with Gasteiger partial charge in [0.1, 0.15) is 5.00 Å². The first-order valence-corrected chi connectivity index (χ1v) is 10.9. The number of amides is 2. The standard InChI is InChI=1S/C17H22N6O3S2/c1-10(14(25)19-15-12(13(18)24)4-9-27-15)28-17-21-20-16(23(17)11-2-3-11)22-5-7-26-8-6-22/h4,9-11H,2-3,5-8H2,1H3,(H2,18,24)(H,19,25). The van der Waals surface area contributed by atoms with Crippen LogP contribution in [0.4, 0.5) is 10.9 Å². The largest absolute Gasteiger partial charge is 0.378 e. The number of primary amides is 1. The molecule has 1 atom stereocenters. The molecule has 28 heavy (non-hydrogen) atoms. The van der Waals surface area contributed by atoms with Crippen LogP contribution in [0.5, 0.6) is 0 Å². The molecular weight excluding hydrogens is 400 g/mol. The number of aromatic nitrogens is 3. The Hall–Kier alpha value is -2.11. The van der Waals surface area contributed by atoms with E-state index >= 15 is 0 Å². The Morgan fingerprint density at radius 1 is 1.36 bits per heavy atom. The maximum absolute atomic E-state index is 12.6. The molecule has 2 amide bonds. The fourth-order valence-corrected chi connectivity index (χ4v) is 4.72. The number of nitrogens with one attached hydrogen (secondary N) is 1. The van der Waals surface area contributed by atoms with Gasteiger partial charge in [-0.05, 0) is 31.2 Å². The Morgan fingerprint density at radius 2 is 2.11 bits per heavy atom. The smallest absolute Gasteiger partial charge is 0.251 e. The number of morpholine rings is 1. The molecule has 3 N–H and O–H groups in total. The number of carbonyl (C=O) groups is 2. The first-order valence-electron chi connectivity index (χ1n) is 9.17. The molecule has 2 aromatic heterocycles. The van der Waals surface area contributed by atoms with Crippen LogP contribution in [-0.2, 0) is 9.53 Å². The van der Waals surface area contributed by atoms with Crippen molar-refractivity contribution in [2.24, 2.45) is 5.73 Å². The summed E-state index contributed by atoms with van der Waals surface area (Å²) in [6.07, 6.45) is 2.20. The quantitative estimate of drug-likeness (QED) is 0.653. The first kappa shape index (κ1) is 19.2. The summed E-state index contributed by atoms with van der Waals surface area (Å²) >= 11 is 2.65. The number of thiophene rings is 1. The topological polar surface area (TPSA) is 115 Å². The van der Waals surface area contributed by atoms with Gasteiger partial charge in [0.25, 0.3) is 5.91 Å². The van der Waals surface area contributed by atoms with Gasteiger partial charge < -0.3 is 20.7 Å². The maximum atomic E-state index is 12.6. The zero-order chi connectivity index (χ0) is 19.7. The Bertz CT molecular complexity index is 872. The summed E-state index contributed by atoms with van der Waals surface area (Å²) in [6.45, 7) is 4.77. The van der Waals surface area contributed by atoms with Crippen LogP contribution in [-0.4, -0.2) is 58.1 Å². The van der Waals surface area contributed by atoms with Crippen molar-refractivity contribution in [3.05, 3.63) is 17.0 Å². The van der Waals surface area contributed by atoms with E-state index in [0.717, 1.165) is 37.0 Å². The monoisotopic (exact) mass is 422 g/mol. The molecule has 4 rings (SSSR count). The molecule has 0 radical (unpaired) electrons. The highest BCUT2D eigenvalue weighted by atomic mass is 32.2. The molecule has 150 valence electrons. The van der Waals surface area contributed by atoms with E-state index in [1.54, 1.807) is 11.4 Å². The highest BCUT2D eigenvalue weighted by Crippen LogP contribution is 2.41. The Balaban J connectivity index is 1.47. The number of hydrogen-bond donors (Lipinski definition) is 2. The first-order chi connectivity index (χ1) is 13.5. The van der Waals surface area contributed by atoms with Gasteiger partial charge in [0.15, 0.2) is 5.16 Å². The highest BCUT2D eigenvalue weighted by Gasteiger charge is 2.33. The minimum Gasteiger partial charge on any atom is -0.378 e. The molecule has 2 aromatic rings. The summed E-state index contributed by atoms with van der Waals surface area (Å²) in [5.74, 6) is 0.101. The number of anilines is 2.